The Morgan fingerprint density at radius 1 is 1.30 bits per heavy atom. The minimum atomic E-state index is -0.0723. The van der Waals surface area contributed by atoms with Gasteiger partial charge in [0.2, 0.25) is 11.8 Å². The summed E-state index contributed by atoms with van der Waals surface area (Å²) in [4.78, 5) is 28.6. The second-order valence-electron chi connectivity index (χ2n) is 6.74. The van der Waals surface area contributed by atoms with Gasteiger partial charge in [-0.3, -0.25) is 9.59 Å². The number of carbonyl (C=O) groups is 2. The van der Waals surface area contributed by atoms with E-state index in [1.807, 2.05) is 29.6 Å². The van der Waals surface area contributed by atoms with E-state index in [1.54, 1.807) is 7.11 Å². The van der Waals surface area contributed by atoms with Crippen molar-refractivity contribution in [3.63, 3.8) is 0 Å². The topological polar surface area (TPSA) is 80.3 Å². The van der Waals surface area contributed by atoms with E-state index < -0.39 is 0 Å². The molecule has 7 heteroatoms. The minimum Gasteiger partial charge on any atom is -0.497 e. The molecule has 1 aliphatic rings. The van der Waals surface area contributed by atoms with Crippen molar-refractivity contribution in [2.75, 3.05) is 19.0 Å². The van der Waals surface area contributed by atoms with Gasteiger partial charge in [-0.1, -0.05) is 25.0 Å². The Morgan fingerprint density at radius 3 is 2.89 bits per heavy atom. The first-order valence-corrected chi connectivity index (χ1v) is 10.2. The molecule has 1 saturated carbocycles. The van der Waals surface area contributed by atoms with Gasteiger partial charge in [-0.25, -0.2) is 4.98 Å². The number of benzene rings is 1. The number of rotatable bonds is 8. The molecule has 2 aromatic rings. The lowest BCUT2D eigenvalue weighted by Crippen LogP contribution is -2.27. The van der Waals surface area contributed by atoms with Crippen LogP contribution in [0.2, 0.25) is 0 Å². The third-order valence-electron chi connectivity index (χ3n) is 4.72. The fourth-order valence-electron chi connectivity index (χ4n) is 3.24. The first kappa shape index (κ1) is 19.4. The highest BCUT2D eigenvalue weighted by Gasteiger charge is 2.23. The maximum Gasteiger partial charge on any atom is 0.229 e. The van der Waals surface area contributed by atoms with E-state index in [0.717, 1.165) is 43.4 Å². The van der Waals surface area contributed by atoms with Crippen molar-refractivity contribution in [3.8, 4) is 5.75 Å². The van der Waals surface area contributed by atoms with E-state index in [2.05, 4.69) is 15.6 Å². The third-order valence-corrected chi connectivity index (χ3v) is 5.53. The van der Waals surface area contributed by atoms with E-state index in [4.69, 9.17) is 4.74 Å². The molecule has 27 heavy (non-hydrogen) atoms. The van der Waals surface area contributed by atoms with Gasteiger partial charge in [0.15, 0.2) is 5.13 Å². The standard InChI is InChI=1S/C20H25N3O3S/c1-26-17-8-4-5-14(11-17)9-10-21-18(24)12-16-13-27-20(22-16)23-19(25)15-6-2-3-7-15/h4-5,8,11,13,15H,2-3,6-7,9-10,12H2,1H3,(H,21,24)(H,22,23,25). The van der Waals surface area contributed by atoms with Gasteiger partial charge >= 0.3 is 0 Å². The number of nitrogens with one attached hydrogen (secondary N) is 2. The molecule has 1 aliphatic carbocycles. The number of hydrogen-bond donors (Lipinski definition) is 2. The Morgan fingerprint density at radius 2 is 2.11 bits per heavy atom. The fraction of sp³-hybridized carbons (Fsp3) is 0.450. The summed E-state index contributed by atoms with van der Waals surface area (Å²) in [5.74, 6) is 0.902. The number of ether oxygens (including phenoxy) is 1. The Kier molecular flexibility index (Phi) is 6.81. The second-order valence-corrected chi connectivity index (χ2v) is 7.60. The van der Waals surface area contributed by atoms with Crippen LogP contribution in [0.15, 0.2) is 29.6 Å². The van der Waals surface area contributed by atoms with Gasteiger partial charge in [0, 0.05) is 17.8 Å². The lowest BCUT2D eigenvalue weighted by molar-refractivity contribution is -0.120. The van der Waals surface area contributed by atoms with Crippen LogP contribution in [0.3, 0.4) is 0 Å². The SMILES string of the molecule is COc1cccc(CCNC(=O)Cc2csc(NC(=O)C3CCCC3)n2)c1. The number of aromatic nitrogens is 1. The summed E-state index contributed by atoms with van der Waals surface area (Å²) in [6, 6.07) is 7.81. The lowest BCUT2D eigenvalue weighted by atomic mass is 10.1. The van der Waals surface area contributed by atoms with Crippen LogP contribution < -0.4 is 15.4 Å². The van der Waals surface area contributed by atoms with Gasteiger partial charge < -0.3 is 15.4 Å². The first-order chi connectivity index (χ1) is 13.1. The van der Waals surface area contributed by atoms with Crippen LogP contribution in [0, 0.1) is 5.92 Å². The highest BCUT2D eigenvalue weighted by Crippen LogP contribution is 2.26. The summed E-state index contributed by atoms with van der Waals surface area (Å²) in [5.41, 5.74) is 1.79. The summed E-state index contributed by atoms with van der Waals surface area (Å²) in [5, 5.41) is 8.19. The summed E-state index contributed by atoms with van der Waals surface area (Å²) in [7, 11) is 1.64. The Hall–Kier alpha value is -2.41. The van der Waals surface area contributed by atoms with Crippen molar-refractivity contribution in [1.82, 2.24) is 10.3 Å². The number of amides is 2. The van der Waals surface area contributed by atoms with Crippen LogP contribution in [0.5, 0.6) is 5.75 Å². The summed E-state index contributed by atoms with van der Waals surface area (Å²) in [6.45, 7) is 0.557. The zero-order chi connectivity index (χ0) is 19.1. The molecule has 2 N–H and O–H groups in total. The molecular formula is C20H25N3O3S. The normalized spacial score (nSPS) is 14.1. The lowest BCUT2D eigenvalue weighted by Gasteiger charge is -2.07. The van der Waals surface area contributed by atoms with Gasteiger partial charge in [-0.2, -0.15) is 0 Å². The predicted octanol–water partition coefficient (Wildman–Crippen LogP) is 3.18. The van der Waals surface area contributed by atoms with E-state index in [-0.39, 0.29) is 24.2 Å². The number of hydrogen-bond acceptors (Lipinski definition) is 5. The quantitative estimate of drug-likeness (QED) is 0.729. The molecule has 6 nitrogen and oxygen atoms in total. The number of anilines is 1. The molecular weight excluding hydrogens is 362 g/mol. The summed E-state index contributed by atoms with van der Waals surface area (Å²) in [6.07, 6.45) is 5.12. The molecule has 1 fully saturated rings. The van der Waals surface area contributed by atoms with Crippen molar-refractivity contribution in [3.05, 3.63) is 40.9 Å². The van der Waals surface area contributed by atoms with Crippen molar-refractivity contribution in [2.24, 2.45) is 5.92 Å². The number of nitrogens with zero attached hydrogens (tertiary/aromatic N) is 1. The van der Waals surface area contributed by atoms with E-state index in [9.17, 15) is 9.59 Å². The van der Waals surface area contributed by atoms with Crippen LogP contribution >= 0.6 is 11.3 Å². The maximum atomic E-state index is 12.1. The number of thiazole rings is 1. The third kappa shape index (κ3) is 5.79. The van der Waals surface area contributed by atoms with E-state index >= 15 is 0 Å². The molecule has 0 spiro atoms. The Bertz CT molecular complexity index is 784. The van der Waals surface area contributed by atoms with Gasteiger partial charge in [0.1, 0.15) is 5.75 Å². The van der Waals surface area contributed by atoms with Gasteiger partial charge in [-0.05, 0) is 37.0 Å². The Balaban J connectivity index is 1.41. The van der Waals surface area contributed by atoms with Crippen LogP contribution in [0.25, 0.3) is 0 Å². The van der Waals surface area contributed by atoms with Crippen molar-refractivity contribution in [1.29, 1.82) is 0 Å². The van der Waals surface area contributed by atoms with Crippen LogP contribution in [0.1, 0.15) is 36.9 Å². The molecule has 0 radical (unpaired) electrons. The largest absolute Gasteiger partial charge is 0.497 e. The molecule has 0 unspecified atom stereocenters. The first-order valence-electron chi connectivity index (χ1n) is 9.29. The molecule has 3 rings (SSSR count). The van der Waals surface area contributed by atoms with Crippen molar-refractivity contribution < 1.29 is 14.3 Å². The highest BCUT2D eigenvalue weighted by molar-refractivity contribution is 7.13. The van der Waals surface area contributed by atoms with Gasteiger partial charge in [0.05, 0.1) is 19.2 Å². The van der Waals surface area contributed by atoms with Crippen LogP contribution in [-0.2, 0) is 22.4 Å². The highest BCUT2D eigenvalue weighted by atomic mass is 32.1. The summed E-state index contributed by atoms with van der Waals surface area (Å²) < 4.78 is 5.20. The molecule has 0 aliphatic heterocycles. The average Bonchev–Trinajstić information content (AvgIpc) is 3.34. The number of methoxy groups -OCH3 is 1. The molecule has 0 atom stereocenters. The van der Waals surface area contributed by atoms with Gasteiger partial charge in [0.25, 0.3) is 0 Å². The summed E-state index contributed by atoms with van der Waals surface area (Å²) >= 11 is 1.37. The number of carbonyl (C=O) groups excluding carboxylic acids is 2. The maximum absolute atomic E-state index is 12.1. The van der Waals surface area contributed by atoms with Crippen molar-refractivity contribution >= 4 is 28.3 Å². The molecule has 0 saturated heterocycles. The smallest absolute Gasteiger partial charge is 0.229 e. The van der Waals surface area contributed by atoms with E-state index in [1.165, 1.54) is 11.3 Å². The molecule has 144 valence electrons. The zero-order valence-corrected chi connectivity index (χ0v) is 16.3. The van der Waals surface area contributed by atoms with Gasteiger partial charge in [-0.15, -0.1) is 11.3 Å². The predicted molar refractivity (Wildman–Crippen MR) is 106 cm³/mol. The fourth-order valence-corrected chi connectivity index (χ4v) is 3.96. The molecule has 1 aromatic heterocycles. The zero-order valence-electron chi connectivity index (χ0n) is 15.5. The Labute approximate surface area is 163 Å². The van der Waals surface area contributed by atoms with Crippen LogP contribution in [-0.4, -0.2) is 30.5 Å². The molecule has 0 bridgehead atoms. The monoisotopic (exact) mass is 387 g/mol. The molecule has 2 amide bonds. The molecule has 1 heterocycles. The second kappa shape index (κ2) is 9.50. The van der Waals surface area contributed by atoms with Crippen LogP contribution in [0.4, 0.5) is 5.13 Å². The van der Waals surface area contributed by atoms with E-state index in [0.29, 0.717) is 17.4 Å². The average molecular weight is 388 g/mol. The minimum absolute atomic E-state index is 0.0520. The molecule has 1 aromatic carbocycles. The van der Waals surface area contributed by atoms with Crippen molar-refractivity contribution in [2.45, 2.75) is 38.5 Å².